The standard InChI is InChI=1S/C48H76INO16/c1-29-18-16-14-12-10-8-6-7-9-11-13-15-17-19-36(65-42(58)28-47(5,50)45(60)31(3)49)25-40-43(46(61)62)39(56)27-48(63,66-40)26-35(53)23-38(55)37(54)21-20-33(51)22-34(52)24-41(57)64-32(4)30(2)44(29)59/h6-19,29-40,42-45,51-56,58-60,63H,20-28,50H2,1-5H3,(H,61,62)/b7-6+,10-8+,11-9+,14-12+,15-13+,18-16+,19-17+/t29-,30-,31?,32-,33+,34+,35-,36-,37+,38+,39-,40-,42?,43+,44+,45?,47?,48+/m0/s1. The topological polar surface area (TPSA) is 310 Å². The van der Waals surface area contributed by atoms with Gasteiger partial charge in [-0.05, 0) is 33.1 Å². The first-order valence-electron chi connectivity index (χ1n) is 22.6. The van der Waals surface area contributed by atoms with E-state index < -0.39 is 134 Å². The number of allylic oxidation sites excluding steroid dienone is 12. The van der Waals surface area contributed by atoms with Crippen LogP contribution in [0, 0.1) is 17.8 Å². The van der Waals surface area contributed by atoms with Crippen LogP contribution in [0.2, 0.25) is 0 Å². The molecule has 18 atom stereocenters. The fourth-order valence-electron chi connectivity index (χ4n) is 7.89. The molecular formula is C48H76INO16. The van der Waals surface area contributed by atoms with E-state index >= 15 is 0 Å². The van der Waals surface area contributed by atoms with Gasteiger partial charge in [0.2, 0.25) is 0 Å². The lowest BCUT2D eigenvalue weighted by molar-refractivity contribution is -0.302. The maximum atomic E-state index is 12.6. The number of carbonyl (C=O) groups excluding carboxylic acids is 1. The molecule has 18 heteroatoms. The fourth-order valence-corrected chi connectivity index (χ4v) is 8.71. The predicted molar refractivity (Wildman–Crippen MR) is 255 cm³/mol. The summed E-state index contributed by atoms with van der Waals surface area (Å²) in [5.41, 5.74) is 5.05. The molecule has 0 radical (unpaired) electrons. The van der Waals surface area contributed by atoms with Gasteiger partial charge in [-0.2, -0.15) is 0 Å². The van der Waals surface area contributed by atoms with Crippen molar-refractivity contribution in [2.45, 2.75) is 181 Å². The van der Waals surface area contributed by atoms with E-state index in [1.807, 2.05) is 53.8 Å². The van der Waals surface area contributed by atoms with Gasteiger partial charge >= 0.3 is 11.9 Å². The molecule has 0 saturated carbocycles. The monoisotopic (exact) mass is 1050 g/mol. The second-order valence-corrected chi connectivity index (χ2v) is 20.1. The number of aliphatic carboxylic acids is 1. The van der Waals surface area contributed by atoms with E-state index in [9.17, 15) is 65.8 Å². The Kier molecular flexibility index (Phi) is 26.5. The van der Waals surface area contributed by atoms with Gasteiger partial charge in [0.1, 0.15) is 12.0 Å². The van der Waals surface area contributed by atoms with Crippen LogP contribution >= 0.6 is 22.6 Å². The number of hydrogen-bond acceptors (Lipinski definition) is 16. The Labute approximate surface area is 402 Å². The summed E-state index contributed by atoms with van der Waals surface area (Å²) in [5.74, 6) is -6.80. The number of aliphatic hydroxyl groups excluding tert-OH is 9. The van der Waals surface area contributed by atoms with Gasteiger partial charge in [-0.15, -0.1) is 0 Å². The van der Waals surface area contributed by atoms with Crippen LogP contribution in [0.3, 0.4) is 0 Å². The van der Waals surface area contributed by atoms with E-state index in [1.165, 1.54) is 6.08 Å². The van der Waals surface area contributed by atoms with Crippen LogP contribution in [0.25, 0.3) is 0 Å². The zero-order chi connectivity index (χ0) is 49.8. The Morgan fingerprint density at radius 2 is 1.35 bits per heavy atom. The van der Waals surface area contributed by atoms with Crippen LogP contribution < -0.4 is 5.73 Å². The molecule has 13 N–H and O–H groups in total. The molecule has 17 nitrogen and oxygen atoms in total. The molecule has 0 spiro atoms. The smallest absolute Gasteiger partial charge is 0.311 e. The summed E-state index contributed by atoms with van der Waals surface area (Å²) < 4.78 is 17.0. The maximum absolute atomic E-state index is 12.6. The van der Waals surface area contributed by atoms with Gasteiger partial charge in [0.25, 0.3) is 0 Å². The first kappa shape index (κ1) is 59.5. The van der Waals surface area contributed by atoms with E-state index in [-0.39, 0.29) is 41.9 Å². The van der Waals surface area contributed by atoms with Crippen LogP contribution in [0.15, 0.2) is 85.1 Å². The number of nitrogens with two attached hydrogens (primary N) is 1. The van der Waals surface area contributed by atoms with Crippen molar-refractivity contribution < 1.29 is 80.0 Å². The Morgan fingerprint density at radius 3 is 1.89 bits per heavy atom. The Morgan fingerprint density at radius 1 is 0.803 bits per heavy atom. The van der Waals surface area contributed by atoms with Crippen molar-refractivity contribution in [2.24, 2.45) is 23.5 Å². The second-order valence-electron chi connectivity index (χ2n) is 18.1. The Bertz CT molecular complexity index is 1670. The highest BCUT2D eigenvalue weighted by Gasteiger charge is 2.50. The molecule has 0 aliphatic carbocycles. The molecule has 0 aromatic heterocycles. The number of alkyl halides is 1. The highest BCUT2D eigenvalue weighted by molar-refractivity contribution is 14.1. The average molecular weight is 1050 g/mol. The number of cyclic esters (lactones) is 1. The summed E-state index contributed by atoms with van der Waals surface area (Å²) in [6.45, 7) is 8.52. The van der Waals surface area contributed by atoms with E-state index in [2.05, 4.69) is 0 Å². The average Bonchev–Trinajstić information content (AvgIpc) is 3.20. The molecule has 2 aliphatic heterocycles. The number of halogens is 1. The van der Waals surface area contributed by atoms with Crippen LogP contribution in [-0.2, 0) is 23.8 Å². The molecule has 2 bridgehead atoms. The van der Waals surface area contributed by atoms with Crippen LogP contribution in [-0.4, -0.2) is 157 Å². The summed E-state index contributed by atoms with van der Waals surface area (Å²) >= 11 is 2.01. The number of ether oxygens (including phenoxy) is 3. The number of carboxylic acid groups (broad SMARTS) is 1. The maximum Gasteiger partial charge on any atom is 0.311 e. The number of hydrogen-bond donors (Lipinski definition) is 12. The van der Waals surface area contributed by atoms with Crippen LogP contribution in [0.4, 0.5) is 0 Å². The summed E-state index contributed by atoms with van der Waals surface area (Å²) in [6, 6.07) is 0. The summed E-state index contributed by atoms with van der Waals surface area (Å²) in [4.78, 5) is 25.1. The minimum absolute atomic E-state index is 0.104. The fraction of sp³-hybridized carbons (Fsp3) is 0.667. The van der Waals surface area contributed by atoms with Gasteiger partial charge < -0.3 is 76.1 Å². The molecule has 0 amide bonds. The Balaban J connectivity index is 2.39. The SMILES string of the molecule is CC(I)C(O)C(C)(N)CC(O)O[C@H]1/C=C/C=C/C=C/C=C/C=C/C=C/C=C/[C@H](C)[C@@H](O)[C@@H](C)[C@H](C)OC(=O)C[C@H](O)C[C@H](O)CC[C@@H](O)[C@H](O)C[C@H](O)C[C@]2(O)C[C@H](O)[C@@H](C(=O)O)[C@H](C1)O2. The van der Waals surface area contributed by atoms with Gasteiger partial charge in [-0.3, -0.25) is 9.59 Å². The predicted octanol–water partition coefficient (Wildman–Crippen LogP) is 2.53. The van der Waals surface area contributed by atoms with Crippen molar-refractivity contribution in [3.63, 3.8) is 0 Å². The highest BCUT2D eigenvalue weighted by Crippen LogP contribution is 2.38. The summed E-state index contributed by atoms with van der Waals surface area (Å²) in [5, 5.41) is 119. The number of rotatable bonds is 7. The largest absolute Gasteiger partial charge is 0.481 e. The van der Waals surface area contributed by atoms with Crippen molar-refractivity contribution in [2.75, 3.05) is 0 Å². The number of fused-ring (bicyclic) bond motifs is 2. The van der Waals surface area contributed by atoms with Gasteiger partial charge in [0, 0.05) is 53.4 Å². The molecule has 2 aliphatic rings. The van der Waals surface area contributed by atoms with Crippen LogP contribution in [0.5, 0.6) is 0 Å². The highest BCUT2D eigenvalue weighted by atomic mass is 127. The number of carbonyl (C=O) groups is 2. The molecule has 2 rings (SSSR count). The lowest BCUT2D eigenvalue weighted by Gasteiger charge is -2.44. The Hall–Kier alpha value is -2.67. The first-order valence-corrected chi connectivity index (χ1v) is 23.8. The second kappa shape index (κ2) is 29.4. The van der Waals surface area contributed by atoms with Crippen molar-refractivity contribution in [3.8, 4) is 0 Å². The quantitative estimate of drug-likeness (QED) is 0.0755. The normalized spacial score (nSPS) is 40.4. The molecular weight excluding hydrogens is 973 g/mol. The van der Waals surface area contributed by atoms with E-state index in [0.717, 1.165) is 0 Å². The van der Waals surface area contributed by atoms with Gasteiger partial charge in [-0.25, -0.2) is 0 Å². The molecule has 4 unspecified atom stereocenters. The first-order chi connectivity index (χ1) is 30.8. The number of esters is 1. The number of aliphatic hydroxyl groups is 10. The zero-order valence-electron chi connectivity index (χ0n) is 38.6. The molecule has 0 aromatic rings. The molecule has 0 aromatic carbocycles. The third-order valence-corrected chi connectivity index (χ3v) is 12.6. The lowest BCUT2D eigenvalue weighted by Crippen LogP contribution is -2.56. The van der Waals surface area contributed by atoms with E-state index in [0.29, 0.717) is 0 Å². The molecule has 1 fully saturated rings. The van der Waals surface area contributed by atoms with Crippen molar-refractivity contribution in [1.82, 2.24) is 0 Å². The lowest BCUT2D eigenvalue weighted by atomic mass is 9.82. The van der Waals surface area contributed by atoms with Gasteiger partial charge in [0.15, 0.2) is 12.1 Å². The third-order valence-electron chi connectivity index (χ3n) is 11.9. The number of carboxylic acids is 1. The molecule has 66 heavy (non-hydrogen) atoms. The van der Waals surface area contributed by atoms with Crippen molar-refractivity contribution in [1.29, 1.82) is 0 Å². The van der Waals surface area contributed by atoms with Crippen molar-refractivity contribution in [3.05, 3.63) is 85.1 Å². The third kappa shape index (κ3) is 21.7. The van der Waals surface area contributed by atoms with E-state index in [1.54, 1.807) is 82.4 Å². The van der Waals surface area contributed by atoms with Crippen molar-refractivity contribution >= 4 is 34.5 Å². The van der Waals surface area contributed by atoms with Gasteiger partial charge in [0.05, 0.1) is 67.5 Å². The minimum atomic E-state index is -2.32. The van der Waals surface area contributed by atoms with E-state index in [4.69, 9.17) is 19.9 Å². The molecule has 1 saturated heterocycles. The molecule has 376 valence electrons. The zero-order valence-corrected chi connectivity index (χ0v) is 40.8. The van der Waals surface area contributed by atoms with Gasteiger partial charge in [-0.1, -0.05) is 128 Å². The summed E-state index contributed by atoms with van der Waals surface area (Å²) in [6.07, 6.45) is 5.70. The minimum Gasteiger partial charge on any atom is -0.481 e. The molecule has 2 heterocycles. The summed E-state index contributed by atoms with van der Waals surface area (Å²) in [7, 11) is 0. The van der Waals surface area contributed by atoms with Crippen LogP contribution in [0.1, 0.15) is 92.4 Å².